The summed E-state index contributed by atoms with van der Waals surface area (Å²) in [6.45, 7) is 12.7. The first-order chi connectivity index (χ1) is 11.1. The lowest BCUT2D eigenvalue weighted by Crippen LogP contribution is -2.49. The summed E-state index contributed by atoms with van der Waals surface area (Å²) in [6, 6.07) is -0.167. The van der Waals surface area contributed by atoms with Crippen molar-refractivity contribution >= 4 is 6.03 Å². The van der Waals surface area contributed by atoms with Crippen molar-refractivity contribution in [2.75, 3.05) is 6.54 Å². The first-order valence-electron chi connectivity index (χ1n) is 8.66. The summed E-state index contributed by atoms with van der Waals surface area (Å²) >= 11 is 0. The highest BCUT2D eigenvalue weighted by molar-refractivity contribution is 5.74. The van der Waals surface area contributed by atoms with Crippen molar-refractivity contribution in [1.82, 2.24) is 20.8 Å². The molecule has 1 aromatic heterocycles. The van der Waals surface area contributed by atoms with Crippen molar-refractivity contribution in [2.45, 2.75) is 84.0 Å². The first kappa shape index (κ1) is 18.7. The molecule has 0 bridgehead atoms. The third-order valence-corrected chi connectivity index (χ3v) is 4.23. The van der Waals surface area contributed by atoms with Crippen LogP contribution in [-0.4, -0.2) is 40.0 Å². The summed E-state index contributed by atoms with van der Waals surface area (Å²) in [5, 5.41) is 9.82. The lowest BCUT2D eigenvalue weighted by Gasteiger charge is -2.27. The minimum absolute atomic E-state index is 0.00274. The van der Waals surface area contributed by atoms with Crippen LogP contribution in [0.3, 0.4) is 0 Å². The fourth-order valence-corrected chi connectivity index (χ4v) is 3.04. The molecular weight excluding hydrogens is 308 g/mol. The summed E-state index contributed by atoms with van der Waals surface area (Å²) in [6.07, 6.45) is 2.21. The monoisotopic (exact) mass is 338 g/mol. The van der Waals surface area contributed by atoms with Gasteiger partial charge in [-0.05, 0) is 40.5 Å². The van der Waals surface area contributed by atoms with Gasteiger partial charge in [-0.2, -0.15) is 4.98 Å². The summed E-state index contributed by atoms with van der Waals surface area (Å²) in [4.78, 5) is 16.4. The number of carbonyl (C=O) groups excluding carboxylic acids is 1. The molecule has 1 fully saturated rings. The zero-order valence-electron chi connectivity index (χ0n) is 15.6. The van der Waals surface area contributed by atoms with Gasteiger partial charge >= 0.3 is 6.03 Å². The second kappa shape index (κ2) is 7.09. The van der Waals surface area contributed by atoms with Gasteiger partial charge in [-0.3, -0.25) is 0 Å². The molecule has 1 aromatic rings. The molecule has 7 heteroatoms. The van der Waals surface area contributed by atoms with E-state index in [1.165, 1.54) is 0 Å². The Morgan fingerprint density at radius 3 is 2.58 bits per heavy atom. The zero-order valence-corrected chi connectivity index (χ0v) is 15.6. The Labute approximate surface area is 143 Å². The number of aryl methyl sites for hydroxylation is 1. The van der Waals surface area contributed by atoms with Gasteiger partial charge in [0.25, 0.3) is 0 Å². The lowest BCUT2D eigenvalue weighted by molar-refractivity contribution is -0.0690. The highest BCUT2D eigenvalue weighted by Crippen LogP contribution is 2.37. The zero-order chi connectivity index (χ0) is 18.0. The SMILES string of the molecule is CC(C)c1noc(CCCNC(=O)NC2CC(C)(C)OC2(C)C)n1. The van der Waals surface area contributed by atoms with Gasteiger partial charge in [0.2, 0.25) is 5.89 Å². The molecule has 1 aliphatic heterocycles. The largest absolute Gasteiger partial charge is 0.367 e. The van der Waals surface area contributed by atoms with Gasteiger partial charge in [-0.15, -0.1) is 0 Å². The second-order valence-electron chi connectivity index (χ2n) is 7.93. The van der Waals surface area contributed by atoms with Crippen LogP contribution in [0.5, 0.6) is 0 Å². The molecule has 2 rings (SSSR count). The van der Waals surface area contributed by atoms with Crippen molar-refractivity contribution < 1.29 is 14.1 Å². The maximum atomic E-state index is 12.1. The molecule has 0 radical (unpaired) electrons. The Kier molecular flexibility index (Phi) is 5.52. The molecule has 0 saturated carbocycles. The van der Waals surface area contributed by atoms with Crippen LogP contribution >= 0.6 is 0 Å². The third kappa shape index (κ3) is 4.93. The van der Waals surface area contributed by atoms with E-state index in [0.717, 1.165) is 18.7 Å². The molecule has 136 valence electrons. The van der Waals surface area contributed by atoms with Crippen LogP contribution in [0.2, 0.25) is 0 Å². The Bertz CT molecular complexity index is 566. The molecule has 1 aliphatic rings. The predicted molar refractivity (Wildman–Crippen MR) is 90.9 cm³/mol. The summed E-state index contributed by atoms with van der Waals surface area (Å²) in [5.74, 6) is 1.60. The van der Waals surface area contributed by atoms with Crippen molar-refractivity contribution in [3.05, 3.63) is 11.7 Å². The fraction of sp³-hybridized carbons (Fsp3) is 0.824. The standard InChI is InChI=1S/C17H30N4O3/c1-11(2)14-20-13(23-21-14)8-7-9-18-15(22)19-12-10-16(3,4)24-17(12,5)6/h11-12H,7-10H2,1-6H3,(H2,18,19,22). The van der Waals surface area contributed by atoms with Crippen LogP contribution in [0.4, 0.5) is 4.79 Å². The third-order valence-electron chi connectivity index (χ3n) is 4.23. The van der Waals surface area contributed by atoms with Gasteiger partial charge in [0, 0.05) is 18.9 Å². The molecule has 2 amide bonds. The van der Waals surface area contributed by atoms with E-state index in [-0.39, 0.29) is 29.2 Å². The molecular formula is C17H30N4O3. The minimum Gasteiger partial charge on any atom is -0.367 e. The Morgan fingerprint density at radius 2 is 2.04 bits per heavy atom. The number of rotatable bonds is 6. The summed E-state index contributed by atoms with van der Waals surface area (Å²) in [7, 11) is 0. The van der Waals surface area contributed by atoms with Gasteiger partial charge in [0.15, 0.2) is 5.82 Å². The van der Waals surface area contributed by atoms with Gasteiger partial charge in [-0.25, -0.2) is 4.79 Å². The summed E-state index contributed by atoms with van der Waals surface area (Å²) < 4.78 is 11.2. The van der Waals surface area contributed by atoms with Crippen molar-refractivity contribution in [3.8, 4) is 0 Å². The Morgan fingerprint density at radius 1 is 1.33 bits per heavy atom. The number of aromatic nitrogens is 2. The molecule has 1 unspecified atom stereocenters. The topological polar surface area (TPSA) is 89.3 Å². The van der Waals surface area contributed by atoms with E-state index < -0.39 is 0 Å². The number of nitrogens with zero attached hydrogens (tertiary/aromatic N) is 2. The van der Waals surface area contributed by atoms with E-state index in [2.05, 4.69) is 20.8 Å². The molecule has 24 heavy (non-hydrogen) atoms. The maximum Gasteiger partial charge on any atom is 0.315 e. The number of urea groups is 1. The number of nitrogens with one attached hydrogen (secondary N) is 2. The van der Waals surface area contributed by atoms with Crippen LogP contribution in [-0.2, 0) is 11.2 Å². The normalized spacial score (nSPS) is 21.9. The fourth-order valence-electron chi connectivity index (χ4n) is 3.04. The molecule has 0 spiro atoms. The average molecular weight is 338 g/mol. The lowest BCUT2D eigenvalue weighted by atomic mass is 9.95. The number of hydrogen-bond acceptors (Lipinski definition) is 5. The second-order valence-corrected chi connectivity index (χ2v) is 7.93. The molecule has 7 nitrogen and oxygen atoms in total. The first-order valence-corrected chi connectivity index (χ1v) is 8.66. The molecule has 2 heterocycles. The number of amides is 2. The molecule has 0 aliphatic carbocycles. The Hall–Kier alpha value is -1.63. The van der Waals surface area contributed by atoms with E-state index in [4.69, 9.17) is 9.26 Å². The molecule has 1 atom stereocenters. The number of hydrogen-bond donors (Lipinski definition) is 2. The average Bonchev–Trinajstić information content (AvgIpc) is 2.97. The van der Waals surface area contributed by atoms with E-state index in [9.17, 15) is 4.79 Å². The van der Waals surface area contributed by atoms with E-state index in [1.54, 1.807) is 0 Å². The predicted octanol–water partition coefficient (Wildman–Crippen LogP) is 2.77. The maximum absolute atomic E-state index is 12.1. The summed E-state index contributed by atoms with van der Waals surface area (Å²) in [5.41, 5.74) is -0.578. The van der Waals surface area contributed by atoms with Crippen LogP contribution in [0.1, 0.15) is 72.0 Å². The molecule has 0 aromatic carbocycles. The van der Waals surface area contributed by atoms with Gasteiger partial charge in [0.1, 0.15) is 0 Å². The molecule has 1 saturated heterocycles. The number of carbonyl (C=O) groups is 1. The van der Waals surface area contributed by atoms with Crippen LogP contribution < -0.4 is 10.6 Å². The minimum atomic E-state index is -0.363. The van der Waals surface area contributed by atoms with Crippen LogP contribution in [0, 0.1) is 0 Å². The van der Waals surface area contributed by atoms with Gasteiger partial charge < -0.3 is 19.9 Å². The quantitative estimate of drug-likeness (QED) is 0.779. The molecule has 2 N–H and O–H groups in total. The highest BCUT2D eigenvalue weighted by atomic mass is 16.5. The van der Waals surface area contributed by atoms with Gasteiger partial charge in [-0.1, -0.05) is 19.0 Å². The van der Waals surface area contributed by atoms with Gasteiger partial charge in [0.05, 0.1) is 17.2 Å². The van der Waals surface area contributed by atoms with E-state index in [0.29, 0.717) is 18.9 Å². The number of ether oxygens (including phenoxy) is 1. The van der Waals surface area contributed by atoms with Crippen molar-refractivity contribution in [3.63, 3.8) is 0 Å². The van der Waals surface area contributed by atoms with Crippen LogP contribution in [0.15, 0.2) is 4.52 Å². The smallest absolute Gasteiger partial charge is 0.315 e. The highest BCUT2D eigenvalue weighted by Gasteiger charge is 2.46. The van der Waals surface area contributed by atoms with Crippen LogP contribution in [0.25, 0.3) is 0 Å². The van der Waals surface area contributed by atoms with E-state index >= 15 is 0 Å². The van der Waals surface area contributed by atoms with E-state index in [1.807, 2.05) is 41.5 Å². The Balaban J connectivity index is 1.70. The van der Waals surface area contributed by atoms with Crippen molar-refractivity contribution in [2.24, 2.45) is 0 Å². The van der Waals surface area contributed by atoms with Crippen molar-refractivity contribution in [1.29, 1.82) is 0 Å².